The Labute approximate surface area is 275 Å². The van der Waals surface area contributed by atoms with Gasteiger partial charge in [-0.25, -0.2) is 4.39 Å². The molecule has 223 valence electrons. The Morgan fingerprint density at radius 2 is 1.72 bits per heavy atom. The van der Waals surface area contributed by atoms with Crippen LogP contribution in [0.1, 0.15) is 44.7 Å². The van der Waals surface area contributed by atoms with Crippen LogP contribution in [-0.2, 0) is 20.1 Å². The average molecular weight is 775 g/mol. The summed E-state index contributed by atoms with van der Waals surface area (Å²) in [7, 11) is -1.85. The van der Waals surface area contributed by atoms with E-state index in [1.165, 1.54) is 36.4 Å². The van der Waals surface area contributed by atoms with Crippen molar-refractivity contribution in [2.45, 2.75) is 53.1 Å². The zero-order valence-electron chi connectivity index (χ0n) is 30.4. The third-order valence-electron chi connectivity index (χ3n) is 6.97. The molecule has 0 N–H and O–H groups in total. The van der Waals surface area contributed by atoms with Crippen LogP contribution in [-0.4, -0.2) is 18.0 Å². The second-order valence-corrected chi connectivity index (χ2v) is 16.5. The van der Waals surface area contributed by atoms with E-state index in [9.17, 15) is 8.78 Å². The normalized spacial score (nSPS) is 14.0. The summed E-state index contributed by atoms with van der Waals surface area (Å²) in [5.74, 6) is -0.529. The van der Waals surface area contributed by atoms with Crippen molar-refractivity contribution in [3.8, 4) is 22.5 Å². The van der Waals surface area contributed by atoms with Crippen LogP contribution in [0.15, 0.2) is 77.5 Å². The Bertz CT molecular complexity index is 2110. The van der Waals surface area contributed by atoms with Gasteiger partial charge in [0.05, 0.1) is 13.7 Å². The topological polar surface area (TPSA) is 38.9 Å². The number of furan rings is 1. The first-order valence-corrected chi connectivity index (χ1v) is 17.1. The molecule has 0 atom stereocenters. The number of halogens is 2. The number of hydrogen-bond donors (Lipinski definition) is 0. The molecule has 0 aliphatic heterocycles. The molecule has 0 fully saturated rings. The fourth-order valence-electron chi connectivity index (χ4n) is 4.67. The number of aryl methyl sites for hydroxylation is 2. The van der Waals surface area contributed by atoms with E-state index in [1.807, 2.05) is 12.1 Å². The van der Waals surface area contributed by atoms with E-state index < -0.39 is 33.4 Å². The van der Waals surface area contributed by atoms with Crippen molar-refractivity contribution in [3.63, 3.8) is 0 Å². The molecule has 3 heterocycles. The average Bonchev–Trinajstić information content (AvgIpc) is 3.39. The Morgan fingerprint density at radius 1 is 0.907 bits per heavy atom. The van der Waals surface area contributed by atoms with Gasteiger partial charge in [0.2, 0.25) is 0 Å². The number of fused-ring (bicyclic) bond motifs is 3. The van der Waals surface area contributed by atoms with Crippen LogP contribution < -0.4 is 5.19 Å². The maximum absolute atomic E-state index is 14.3. The molecular formula is C36H34F2IrN2OSi-2. The van der Waals surface area contributed by atoms with Gasteiger partial charge in [-0.15, -0.1) is 47.5 Å². The zero-order valence-corrected chi connectivity index (χ0v) is 27.8. The molecule has 0 bridgehead atoms. The molecule has 0 aliphatic carbocycles. The smallest absolute Gasteiger partial charge is 0.126 e. The van der Waals surface area contributed by atoms with E-state index in [-0.39, 0.29) is 25.7 Å². The van der Waals surface area contributed by atoms with E-state index in [2.05, 4.69) is 55.6 Å². The Morgan fingerprint density at radius 3 is 2.40 bits per heavy atom. The van der Waals surface area contributed by atoms with Gasteiger partial charge in [0.15, 0.2) is 0 Å². The van der Waals surface area contributed by atoms with Crippen molar-refractivity contribution < 1.29 is 41.5 Å². The third-order valence-corrected chi connectivity index (χ3v) is 8.98. The van der Waals surface area contributed by atoms with Crippen LogP contribution in [0.5, 0.6) is 0 Å². The summed E-state index contributed by atoms with van der Waals surface area (Å²) in [5.41, 5.74) is 4.58. The minimum atomic E-state index is -2.22. The molecular weight excluding hydrogens is 735 g/mol. The van der Waals surface area contributed by atoms with Crippen molar-refractivity contribution in [1.82, 2.24) is 9.97 Å². The first kappa shape index (κ1) is 24.9. The summed E-state index contributed by atoms with van der Waals surface area (Å²) in [6.07, 6.45) is 3.37. The SMILES string of the molecule is CC(C)c1ccnc(-c2[c-]cc(F)c3c2oc2cc(F)ccc23)c1.[2H]C([2H])([2H])c1c[c-]c(-c2cc(C([2H])([2H])[2H])c([Si](C)(C)C)cn2)cc1.[Ir]. The first-order chi connectivity index (χ1) is 22.3. The van der Waals surface area contributed by atoms with Crippen LogP contribution in [0.3, 0.4) is 0 Å². The molecule has 43 heavy (non-hydrogen) atoms. The number of hydrogen-bond acceptors (Lipinski definition) is 3. The second kappa shape index (κ2) is 13.0. The molecule has 0 amide bonds. The van der Waals surface area contributed by atoms with Gasteiger partial charge < -0.3 is 14.4 Å². The molecule has 6 aromatic rings. The second-order valence-electron chi connectivity index (χ2n) is 11.4. The van der Waals surface area contributed by atoms with Crippen LogP contribution in [0, 0.1) is 37.5 Å². The molecule has 0 spiro atoms. The zero-order chi connectivity index (χ0) is 35.2. The molecule has 3 nitrogen and oxygen atoms in total. The molecule has 3 aromatic carbocycles. The van der Waals surface area contributed by atoms with Gasteiger partial charge in [-0.05, 0) is 52.9 Å². The van der Waals surface area contributed by atoms with Gasteiger partial charge in [-0.2, -0.15) is 0 Å². The fourth-order valence-corrected chi connectivity index (χ4v) is 6.01. The molecule has 0 unspecified atom stereocenters. The summed E-state index contributed by atoms with van der Waals surface area (Å²) in [6, 6.07) is 21.2. The van der Waals surface area contributed by atoms with Crippen molar-refractivity contribution >= 4 is 35.2 Å². The van der Waals surface area contributed by atoms with Gasteiger partial charge in [0.1, 0.15) is 11.4 Å². The number of nitrogens with zero attached hydrogens (tertiary/aromatic N) is 2. The number of aromatic nitrogens is 2. The Balaban J connectivity index is 0.000000216. The summed E-state index contributed by atoms with van der Waals surface area (Å²) < 4.78 is 79.2. The molecule has 0 saturated heterocycles. The van der Waals surface area contributed by atoms with Crippen LogP contribution in [0.2, 0.25) is 19.6 Å². The van der Waals surface area contributed by atoms with E-state index in [0.717, 1.165) is 10.8 Å². The van der Waals surface area contributed by atoms with Crippen LogP contribution in [0.25, 0.3) is 44.5 Å². The standard InChI is InChI=1S/C20H14F2NO.C16H20NSi.Ir/c1-11(2)12-7-8-23-17(9-12)14-5-6-16(22)19-15-4-3-13(21)10-18(15)24-20(14)19;1-12-6-8-14(9-7-12)15-10-13(2)16(11-17-15)18(3,4)5;/h3-4,6-11H,1-2H3;6-8,10-11H,1-5H3;/q2*-1;/i;1D3,2D3;. The number of rotatable bonds is 4. The summed E-state index contributed by atoms with van der Waals surface area (Å²) >= 11 is 0. The van der Waals surface area contributed by atoms with Gasteiger partial charge in [0, 0.05) is 58.0 Å². The molecule has 6 rings (SSSR count). The van der Waals surface area contributed by atoms with Gasteiger partial charge >= 0.3 is 0 Å². The minimum absolute atomic E-state index is 0. The minimum Gasteiger partial charge on any atom is -0.500 e. The summed E-state index contributed by atoms with van der Waals surface area (Å²) in [6.45, 7) is 6.02. The molecule has 3 aromatic heterocycles. The Hall–Kier alpha value is -3.51. The van der Waals surface area contributed by atoms with Crippen molar-refractivity contribution in [1.29, 1.82) is 0 Å². The Kier molecular flexibility index (Phi) is 7.52. The quantitative estimate of drug-likeness (QED) is 0.132. The van der Waals surface area contributed by atoms with Gasteiger partial charge in [0.25, 0.3) is 0 Å². The van der Waals surface area contributed by atoms with Crippen molar-refractivity contribution in [3.05, 3.63) is 114 Å². The maximum atomic E-state index is 14.3. The number of benzene rings is 3. The largest absolute Gasteiger partial charge is 0.500 e. The van der Waals surface area contributed by atoms with E-state index in [4.69, 9.17) is 12.6 Å². The van der Waals surface area contributed by atoms with Gasteiger partial charge in [-0.1, -0.05) is 69.2 Å². The van der Waals surface area contributed by atoms with E-state index in [0.29, 0.717) is 55.9 Å². The van der Waals surface area contributed by atoms with Crippen LogP contribution in [0.4, 0.5) is 8.78 Å². The molecule has 7 heteroatoms. The van der Waals surface area contributed by atoms with E-state index >= 15 is 0 Å². The van der Waals surface area contributed by atoms with Crippen molar-refractivity contribution in [2.75, 3.05) is 0 Å². The first-order valence-electron chi connectivity index (χ1n) is 16.6. The predicted molar refractivity (Wildman–Crippen MR) is 171 cm³/mol. The predicted octanol–water partition coefficient (Wildman–Crippen LogP) is 9.56. The number of pyridine rings is 2. The summed E-state index contributed by atoms with van der Waals surface area (Å²) in [4.78, 5) is 8.77. The van der Waals surface area contributed by atoms with E-state index in [1.54, 1.807) is 24.5 Å². The molecule has 1 radical (unpaired) electrons. The fraction of sp³-hybridized carbons (Fsp3) is 0.222. The van der Waals surface area contributed by atoms with Crippen LogP contribution >= 0.6 is 0 Å². The summed E-state index contributed by atoms with van der Waals surface area (Å²) in [5, 5.41) is 1.68. The van der Waals surface area contributed by atoms with Gasteiger partial charge in [-0.3, -0.25) is 4.39 Å². The maximum Gasteiger partial charge on any atom is 0.126 e. The molecule has 0 aliphatic rings. The molecule has 0 saturated carbocycles. The van der Waals surface area contributed by atoms with Crippen molar-refractivity contribution in [2.24, 2.45) is 0 Å². The third kappa shape index (κ3) is 7.01. The monoisotopic (exact) mass is 775 g/mol.